The van der Waals surface area contributed by atoms with E-state index >= 15 is 0 Å². The minimum Gasteiger partial charge on any atom is -0.493 e. The van der Waals surface area contributed by atoms with Crippen LogP contribution in [-0.2, 0) is 37.1 Å². The lowest BCUT2D eigenvalue weighted by atomic mass is 10.0. The second-order valence-electron chi connectivity index (χ2n) is 25.4. The van der Waals surface area contributed by atoms with Crippen LogP contribution in [0.5, 0.6) is 17.4 Å². The van der Waals surface area contributed by atoms with Gasteiger partial charge in [-0.3, -0.25) is 15.3 Å². The van der Waals surface area contributed by atoms with Gasteiger partial charge in [-0.1, -0.05) is 96.9 Å². The summed E-state index contributed by atoms with van der Waals surface area (Å²) in [5.74, 6) is 2.45. The highest BCUT2D eigenvalue weighted by Crippen LogP contribution is 2.39. The first-order chi connectivity index (χ1) is 46.1. The van der Waals surface area contributed by atoms with Gasteiger partial charge in [0.05, 0.1) is 71.4 Å². The third-order valence-electron chi connectivity index (χ3n) is 15.5. The van der Waals surface area contributed by atoms with Crippen molar-refractivity contribution in [1.82, 2.24) is 69.9 Å². The Bertz CT molecular complexity index is 3490. The molecule has 9 rings (SSSR count). The molecule has 3 aromatic carbocycles. The summed E-state index contributed by atoms with van der Waals surface area (Å²) in [7, 11) is 9.99. The van der Waals surface area contributed by atoms with Crippen molar-refractivity contribution in [2.24, 2.45) is 0 Å². The second-order valence-corrected chi connectivity index (χ2v) is 25.4. The third kappa shape index (κ3) is 28.6. The van der Waals surface area contributed by atoms with Crippen LogP contribution in [0.4, 0.5) is 13.2 Å². The number of aromatic amines is 3. The summed E-state index contributed by atoms with van der Waals surface area (Å²) in [5, 5.41) is 26.0. The van der Waals surface area contributed by atoms with Crippen molar-refractivity contribution in [3.8, 4) is 56.8 Å². The Kier molecular flexibility index (Phi) is 40.4. The molecule has 19 nitrogen and oxygen atoms in total. The van der Waals surface area contributed by atoms with E-state index in [1.807, 2.05) is 94.5 Å². The topological polar surface area (TPSA) is 193 Å². The third-order valence-corrected chi connectivity index (χ3v) is 15.5. The fourth-order valence-electron chi connectivity index (χ4n) is 10.4. The average molecular weight is 1390 g/mol. The molecule has 0 aliphatic carbocycles. The van der Waals surface area contributed by atoms with Crippen molar-refractivity contribution in [3.05, 3.63) is 144 Å². The van der Waals surface area contributed by atoms with Gasteiger partial charge in [0.15, 0.2) is 11.5 Å². The minimum atomic E-state index is -4.51. The quantitative estimate of drug-likeness (QED) is 0.0322. The van der Waals surface area contributed by atoms with E-state index in [2.05, 4.69) is 158 Å². The summed E-state index contributed by atoms with van der Waals surface area (Å²) in [4.78, 5) is 18.1. The summed E-state index contributed by atoms with van der Waals surface area (Å²) in [6.45, 7) is 29.1. The monoisotopic (exact) mass is 1390 g/mol. The number of halogens is 3. The van der Waals surface area contributed by atoms with Crippen LogP contribution < -0.4 is 14.2 Å². The van der Waals surface area contributed by atoms with Crippen LogP contribution in [0.2, 0.25) is 0 Å². The zero-order valence-electron chi connectivity index (χ0n) is 59.7. The molecular weight excluding hydrogens is 1270 g/mol. The molecule has 556 valence electrons. The molecule has 0 spiro atoms. The van der Waals surface area contributed by atoms with E-state index < -0.39 is 11.7 Å². The van der Waals surface area contributed by atoms with Gasteiger partial charge in [0, 0.05) is 104 Å². The number of hydrogen-bond acceptors (Lipinski definition) is 15. The lowest BCUT2D eigenvalue weighted by Gasteiger charge is -2.17. The Morgan fingerprint density at radius 3 is 1.48 bits per heavy atom. The first kappa shape index (κ1) is 88.2. The molecule has 3 N–H and O–H groups in total. The molecule has 22 heteroatoms. The molecule has 0 atom stereocenters. The van der Waals surface area contributed by atoms with Crippen molar-refractivity contribution in [2.45, 2.75) is 207 Å². The summed E-state index contributed by atoms with van der Waals surface area (Å²) < 4.78 is 70.0. The van der Waals surface area contributed by atoms with E-state index in [4.69, 9.17) is 23.4 Å². The van der Waals surface area contributed by atoms with Gasteiger partial charge in [0.2, 0.25) is 5.88 Å². The number of unbranched alkanes of at least 4 members (excludes halogenated alkanes) is 4. The van der Waals surface area contributed by atoms with E-state index in [1.165, 1.54) is 68.5 Å². The molecule has 0 unspecified atom stereocenters. The van der Waals surface area contributed by atoms with E-state index in [1.54, 1.807) is 12.3 Å². The molecule has 0 amide bonds. The van der Waals surface area contributed by atoms with Gasteiger partial charge in [0.1, 0.15) is 17.0 Å². The Morgan fingerprint density at radius 1 is 0.540 bits per heavy atom. The largest absolute Gasteiger partial charge is 0.493 e. The van der Waals surface area contributed by atoms with Crippen LogP contribution in [0.3, 0.4) is 0 Å². The Labute approximate surface area is 597 Å². The number of nitrogens with zero attached hydrogens (tertiary/aromatic N) is 11. The van der Waals surface area contributed by atoms with E-state index in [9.17, 15) is 13.2 Å². The van der Waals surface area contributed by atoms with Crippen molar-refractivity contribution < 1.29 is 36.5 Å². The number of H-pyrrole nitrogens is 3. The number of ether oxygens (including phenoxy) is 4. The van der Waals surface area contributed by atoms with E-state index in [0.29, 0.717) is 36.7 Å². The lowest BCUT2D eigenvalue weighted by molar-refractivity contribution is -0.138. The molecule has 0 saturated heterocycles. The number of pyridine rings is 1. The van der Waals surface area contributed by atoms with Gasteiger partial charge >= 0.3 is 6.18 Å². The molecular formula is C78H123F3N14O5. The van der Waals surface area contributed by atoms with Gasteiger partial charge in [-0.25, -0.2) is 14.6 Å². The van der Waals surface area contributed by atoms with Crippen molar-refractivity contribution in [1.29, 1.82) is 0 Å². The number of hydrogen-bond donors (Lipinski definition) is 3. The van der Waals surface area contributed by atoms with Gasteiger partial charge in [-0.2, -0.15) is 33.6 Å². The number of aromatic nitrogens is 10. The van der Waals surface area contributed by atoms with Crippen LogP contribution in [0.1, 0.15) is 196 Å². The Morgan fingerprint density at radius 2 is 1.02 bits per heavy atom. The van der Waals surface area contributed by atoms with Crippen LogP contribution in [0, 0.1) is 0 Å². The van der Waals surface area contributed by atoms with Crippen molar-refractivity contribution in [2.75, 3.05) is 74.7 Å². The van der Waals surface area contributed by atoms with Crippen LogP contribution in [-0.4, -0.2) is 157 Å². The fourth-order valence-corrected chi connectivity index (χ4v) is 10.4. The standard InChI is InChI=1S/C20H28F3N3O2.C19H26N4O.C18H27N3O.C17H26N4O.4CH4/c1-4-5-9-26(2)14-16-13-24-25-19(16)15-7-8-18(28-11-6-10-27-3)17(12-15)20(21,22)23;1-5-6-9-23(4)12-15-11-20-22-18(15)14-7-8-17-16(10-14)21-19(24-17)13(2)3;1-5-6-13-20(4)14-17-11-12-19-21(17)16-7-9-18(10-8-16)22-15(2)3;1-5-6-9-21(4)12-15-11-19-20-17(15)14-7-8-16(18-10-14)22-13(2)3;;;;/h7-8,12-13H,4-6,9-11,14H2,1-3H3,(H,24,25);7-8,10-11,13H,5-6,9,12H2,1-4H3,(H,20,22);7-12,15H,5-6,13-14H2,1-4H3;7-8,10-11,13H,5-6,9,12H2,1-4H3,(H,19,20);4*1H4. The van der Waals surface area contributed by atoms with Crippen molar-refractivity contribution >= 4 is 11.1 Å². The number of benzene rings is 3. The molecule has 0 aliphatic rings. The summed E-state index contributed by atoms with van der Waals surface area (Å²) in [6.07, 6.45) is 15.0. The van der Waals surface area contributed by atoms with Crippen LogP contribution in [0.15, 0.2) is 114 Å². The highest BCUT2D eigenvalue weighted by Gasteiger charge is 2.35. The van der Waals surface area contributed by atoms with Crippen LogP contribution in [0.25, 0.3) is 50.6 Å². The summed E-state index contributed by atoms with van der Waals surface area (Å²) in [6, 6.07) is 24.4. The maximum absolute atomic E-state index is 13.6. The average Bonchev–Trinajstić information content (AvgIpc) is 1.58. The molecule has 0 saturated carbocycles. The first-order valence-electron chi connectivity index (χ1n) is 34.1. The van der Waals surface area contributed by atoms with Crippen LogP contribution >= 0.6 is 0 Å². The van der Waals surface area contributed by atoms with Gasteiger partial charge in [0.25, 0.3) is 0 Å². The lowest BCUT2D eigenvalue weighted by Crippen LogP contribution is -2.20. The molecule has 6 aromatic heterocycles. The fraction of sp³-hybridized carbons (Fsp3) is 0.538. The number of alkyl halides is 3. The van der Waals surface area contributed by atoms with Gasteiger partial charge < -0.3 is 43.0 Å². The predicted octanol–water partition coefficient (Wildman–Crippen LogP) is 19.2. The maximum atomic E-state index is 13.6. The molecule has 0 radical (unpaired) electrons. The highest BCUT2D eigenvalue weighted by atomic mass is 19.4. The van der Waals surface area contributed by atoms with E-state index in [-0.39, 0.29) is 60.2 Å². The second kappa shape index (κ2) is 45.8. The van der Waals surface area contributed by atoms with E-state index in [0.717, 1.165) is 121 Å². The molecule has 6 heterocycles. The first-order valence-corrected chi connectivity index (χ1v) is 34.1. The molecule has 0 fully saturated rings. The number of methoxy groups -OCH3 is 1. The summed E-state index contributed by atoms with van der Waals surface area (Å²) in [5.41, 5.74) is 11.8. The Hall–Kier alpha value is -7.89. The zero-order valence-corrected chi connectivity index (χ0v) is 59.7. The zero-order chi connectivity index (χ0) is 69.6. The summed E-state index contributed by atoms with van der Waals surface area (Å²) >= 11 is 0. The highest BCUT2D eigenvalue weighted by molar-refractivity contribution is 5.80. The van der Waals surface area contributed by atoms with Crippen molar-refractivity contribution in [3.63, 3.8) is 0 Å². The molecule has 0 bridgehead atoms. The molecule has 100 heavy (non-hydrogen) atoms. The number of rotatable bonds is 34. The van der Waals surface area contributed by atoms with Gasteiger partial charge in [-0.15, -0.1) is 0 Å². The molecule has 9 aromatic rings. The Balaban J connectivity index is 0.000000449. The smallest absolute Gasteiger partial charge is 0.419 e. The maximum Gasteiger partial charge on any atom is 0.419 e. The molecule has 0 aliphatic heterocycles. The number of fused-ring (bicyclic) bond motifs is 1. The number of nitrogens with one attached hydrogen (secondary N) is 3. The predicted molar refractivity (Wildman–Crippen MR) is 405 cm³/mol. The SMILES string of the molecule is C.C.C.C.CCCCN(C)Cc1ccnn1-c1ccc(OC(C)C)cc1.CCCCN(C)Cc1cn[nH]c1-c1ccc(OC(C)C)nc1.CCCCN(C)Cc1cn[nH]c1-c1ccc(OCCCOC)c(C(F)(F)F)c1.CCCCN(C)Cc1cn[nH]c1-c1ccc2oc(C(C)C)nc2c1. The number of oxazole rings is 1. The van der Waals surface area contributed by atoms with Gasteiger partial charge in [-0.05, 0) is 181 Å². The minimum absolute atomic E-state index is 0. The normalized spacial score (nSPS) is 11.2.